The molecular weight excluding hydrogens is 226 g/mol. The highest BCUT2D eigenvalue weighted by Gasteiger charge is 2.14. The molecule has 0 saturated carbocycles. The van der Waals surface area contributed by atoms with Gasteiger partial charge in [-0.3, -0.25) is 4.79 Å². The second-order valence-electron chi connectivity index (χ2n) is 3.67. The molecule has 0 aliphatic rings. The van der Waals surface area contributed by atoms with Gasteiger partial charge in [0.15, 0.2) is 0 Å². The van der Waals surface area contributed by atoms with Crippen molar-refractivity contribution >= 4 is 17.3 Å². The Kier molecular flexibility index (Phi) is 5.25. The molecule has 1 aromatic rings. The van der Waals surface area contributed by atoms with Gasteiger partial charge in [-0.05, 0) is 13.3 Å². The van der Waals surface area contributed by atoms with Crippen molar-refractivity contribution in [2.45, 2.75) is 39.5 Å². The molecule has 0 atom stereocenters. The smallest absolute Gasteiger partial charge is 0.350 e. The number of hydrogen-bond acceptors (Lipinski definition) is 4. The number of esters is 1. The summed E-state index contributed by atoms with van der Waals surface area (Å²) < 4.78 is 5.08. The lowest BCUT2D eigenvalue weighted by atomic mass is 10.2. The number of carbonyl (C=O) groups excluding carboxylic acids is 1. The quantitative estimate of drug-likeness (QED) is 0.617. The third kappa shape index (κ3) is 3.81. The van der Waals surface area contributed by atoms with Crippen molar-refractivity contribution < 1.29 is 9.53 Å². The van der Waals surface area contributed by atoms with Crippen LogP contribution in [0.2, 0.25) is 0 Å². The average Bonchev–Trinajstić information content (AvgIpc) is 2.57. The van der Waals surface area contributed by atoms with Gasteiger partial charge in [0.1, 0.15) is 4.88 Å². The van der Waals surface area contributed by atoms with Gasteiger partial charge in [-0.1, -0.05) is 37.5 Å². The summed E-state index contributed by atoms with van der Waals surface area (Å²) in [5, 5.41) is 0. The molecule has 0 aliphatic heterocycles. The first-order valence-corrected chi connectivity index (χ1v) is 6.33. The Balaban J connectivity index is 2.35. The van der Waals surface area contributed by atoms with E-state index >= 15 is 0 Å². The number of aryl methyl sites for hydroxylation is 1. The molecule has 0 amide bonds. The Morgan fingerprint density at radius 2 is 2.12 bits per heavy atom. The Hall–Kier alpha value is -1.10. The molecule has 90 valence electrons. The Labute approximate surface area is 98.6 Å². The zero-order valence-electron chi connectivity index (χ0n) is 9.67. The normalized spacial score (nSPS) is 10.4. The Morgan fingerprint density at radius 3 is 2.69 bits per heavy atom. The molecule has 0 fully saturated rings. The van der Waals surface area contributed by atoms with Crippen molar-refractivity contribution in [3.63, 3.8) is 0 Å². The zero-order valence-corrected chi connectivity index (χ0v) is 10.5. The van der Waals surface area contributed by atoms with Crippen molar-refractivity contribution in [1.29, 1.82) is 0 Å². The topological polar surface area (TPSA) is 59.2 Å². The van der Waals surface area contributed by atoms with Crippen LogP contribution in [0.5, 0.6) is 0 Å². The maximum Gasteiger partial charge on any atom is 0.350 e. The van der Waals surface area contributed by atoms with Gasteiger partial charge < -0.3 is 9.72 Å². The van der Waals surface area contributed by atoms with E-state index in [2.05, 4.69) is 11.9 Å². The van der Waals surface area contributed by atoms with Gasteiger partial charge in [-0.15, -0.1) is 0 Å². The van der Waals surface area contributed by atoms with E-state index in [0.29, 0.717) is 17.2 Å². The van der Waals surface area contributed by atoms with Crippen LogP contribution in [0.4, 0.5) is 0 Å². The van der Waals surface area contributed by atoms with E-state index < -0.39 is 5.97 Å². The van der Waals surface area contributed by atoms with Crippen LogP contribution in [-0.4, -0.2) is 17.6 Å². The van der Waals surface area contributed by atoms with Crippen LogP contribution < -0.4 is 4.87 Å². The number of ether oxygens (including phenoxy) is 1. The number of unbranched alkanes of at least 4 members (excludes halogenated alkanes) is 3. The molecular formula is C11H17NO3S. The highest BCUT2D eigenvalue weighted by atomic mass is 32.1. The summed E-state index contributed by atoms with van der Waals surface area (Å²) in [6.07, 6.45) is 4.28. The Bertz CT molecular complexity index is 394. The summed E-state index contributed by atoms with van der Waals surface area (Å²) in [6.45, 7) is 4.27. The minimum absolute atomic E-state index is 0.213. The van der Waals surface area contributed by atoms with Crippen LogP contribution in [0.15, 0.2) is 4.79 Å². The summed E-state index contributed by atoms with van der Waals surface area (Å²) in [7, 11) is 0. The van der Waals surface area contributed by atoms with Gasteiger partial charge in [0.25, 0.3) is 0 Å². The first-order valence-electron chi connectivity index (χ1n) is 5.52. The fraction of sp³-hybridized carbons (Fsp3) is 0.636. The van der Waals surface area contributed by atoms with Gasteiger partial charge >= 0.3 is 10.8 Å². The number of H-pyrrole nitrogens is 1. The number of nitrogens with one attached hydrogen (secondary N) is 1. The molecule has 5 heteroatoms. The lowest BCUT2D eigenvalue weighted by Gasteiger charge is -2.02. The van der Waals surface area contributed by atoms with Crippen LogP contribution in [-0.2, 0) is 4.74 Å². The molecule has 0 saturated heterocycles. The minimum Gasteiger partial charge on any atom is -0.461 e. The van der Waals surface area contributed by atoms with Crippen LogP contribution >= 0.6 is 11.3 Å². The SMILES string of the molecule is CCCCCCOC(=O)c1sc(=O)[nH]c1C. The third-order valence-electron chi connectivity index (χ3n) is 2.24. The second-order valence-corrected chi connectivity index (χ2v) is 4.65. The fourth-order valence-electron chi connectivity index (χ4n) is 1.36. The monoisotopic (exact) mass is 243 g/mol. The molecule has 0 unspecified atom stereocenters. The maximum atomic E-state index is 11.5. The van der Waals surface area contributed by atoms with E-state index in [1.807, 2.05) is 0 Å². The summed E-state index contributed by atoms with van der Waals surface area (Å²) in [4.78, 5) is 25.3. The molecule has 0 aromatic carbocycles. The molecule has 1 aromatic heterocycles. The predicted octanol–water partition coefficient (Wildman–Crippen LogP) is 2.48. The summed E-state index contributed by atoms with van der Waals surface area (Å²) >= 11 is 0.905. The number of rotatable bonds is 6. The standard InChI is InChI=1S/C11H17NO3S/c1-3-4-5-6-7-15-10(13)9-8(2)12-11(14)16-9/h3-7H2,1-2H3,(H,12,14). The number of aromatic nitrogens is 1. The van der Waals surface area contributed by atoms with Crippen LogP contribution in [0.3, 0.4) is 0 Å². The number of aromatic amines is 1. The van der Waals surface area contributed by atoms with Crippen LogP contribution in [0, 0.1) is 6.92 Å². The summed E-state index contributed by atoms with van der Waals surface area (Å²) in [5.74, 6) is -0.391. The van der Waals surface area contributed by atoms with Gasteiger partial charge in [-0.25, -0.2) is 4.79 Å². The molecule has 0 radical (unpaired) electrons. The van der Waals surface area contributed by atoms with E-state index in [4.69, 9.17) is 4.74 Å². The molecule has 0 aliphatic carbocycles. The highest BCUT2D eigenvalue weighted by molar-refractivity contribution is 7.11. The van der Waals surface area contributed by atoms with Gasteiger partial charge in [0.2, 0.25) is 0 Å². The maximum absolute atomic E-state index is 11.5. The summed E-state index contributed by atoms with van der Waals surface area (Å²) in [5.41, 5.74) is 0.591. The largest absolute Gasteiger partial charge is 0.461 e. The molecule has 1 heterocycles. The Morgan fingerprint density at radius 1 is 1.38 bits per heavy atom. The van der Waals surface area contributed by atoms with E-state index in [9.17, 15) is 9.59 Å². The first kappa shape index (κ1) is 13.0. The van der Waals surface area contributed by atoms with Gasteiger partial charge in [0.05, 0.1) is 6.61 Å². The predicted molar refractivity (Wildman–Crippen MR) is 64.1 cm³/mol. The molecule has 1 rings (SSSR count). The van der Waals surface area contributed by atoms with Crippen molar-refractivity contribution in [1.82, 2.24) is 4.98 Å². The lowest BCUT2D eigenvalue weighted by Crippen LogP contribution is -2.06. The molecule has 16 heavy (non-hydrogen) atoms. The van der Waals surface area contributed by atoms with E-state index in [1.54, 1.807) is 6.92 Å². The first-order chi connectivity index (χ1) is 7.65. The highest BCUT2D eigenvalue weighted by Crippen LogP contribution is 2.10. The van der Waals surface area contributed by atoms with Gasteiger partial charge in [-0.2, -0.15) is 0 Å². The van der Waals surface area contributed by atoms with E-state index in [1.165, 1.54) is 0 Å². The van der Waals surface area contributed by atoms with Crippen molar-refractivity contribution in [2.24, 2.45) is 0 Å². The van der Waals surface area contributed by atoms with Crippen molar-refractivity contribution in [3.05, 3.63) is 20.2 Å². The fourth-order valence-corrected chi connectivity index (χ4v) is 2.09. The molecule has 1 N–H and O–H groups in total. The third-order valence-corrected chi connectivity index (χ3v) is 3.21. The molecule has 0 bridgehead atoms. The number of thiazole rings is 1. The molecule has 4 nitrogen and oxygen atoms in total. The minimum atomic E-state index is -0.391. The number of hydrogen-bond donors (Lipinski definition) is 1. The van der Waals surface area contributed by atoms with E-state index in [-0.39, 0.29) is 4.87 Å². The second kappa shape index (κ2) is 6.48. The average molecular weight is 243 g/mol. The summed E-state index contributed by atoms with van der Waals surface area (Å²) in [6, 6.07) is 0. The van der Waals surface area contributed by atoms with Crippen LogP contribution in [0.25, 0.3) is 0 Å². The van der Waals surface area contributed by atoms with Crippen molar-refractivity contribution in [3.8, 4) is 0 Å². The zero-order chi connectivity index (χ0) is 12.0. The lowest BCUT2D eigenvalue weighted by molar-refractivity contribution is 0.0502. The molecule has 0 spiro atoms. The van der Waals surface area contributed by atoms with Crippen LogP contribution in [0.1, 0.15) is 48.0 Å². The van der Waals surface area contributed by atoms with E-state index in [0.717, 1.165) is 37.0 Å². The van der Waals surface area contributed by atoms with Gasteiger partial charge in [0, 0.05) is 5.69 Å². The van der Waals surface area contributed by atoms with Crippen molar-refractivity contribution in [2.75, 3.05) is 6.61 Å². The number of carbonyl (C=O) groups is 1.